The zero-order valence-electron chi connectivity index (χ0n) is 11.8. The number of pyridine rings is 1. The van der Waals surface area contributed by atoms with Gasteiger partial charge in [-0.3, -0.25) is 4.79 Å². The van der Waals surface area contributed by atoms with Crippen molar-refractivity contribution in [2.24, 2.45) is 0 Å². The maximum Gasteiger partial charge on any atom is 0.368 e. The molecule has 0 radical (unpaired) electrons. The third kappa shape index (κ3) is 2.63. The van der Waals surface area contributed by atoms with E-state index in [2.05, 4.69) is 0 Å². The number of rotatable bonds is 4. The molecule has 0 aliphatic heterocycles. The van der Waals surface area contributed by atoms with Crippen molar-refractivity contribution in [1.29, 1.82) is 0 Å². The average molecular weight is 278 g/mol. The normalized spacial score (nSPS) is 10.5. The Morgan fingerprint density at radius 2 is 1.67 bits per heavy atom. The number of carbonyl (C=O) groups is 1. The van der Waals surface area contributed by atoms with Gasteiger partial charge in [0.15, 0.2) is 0 Å². The number of methoxy groups -OCH3 is 1. The number of Topliss-reactive ketones (excluding diaryl/α,β-unsaturated/α-hetero) is 1. The minimum absolute atomic E-state index is 0.0650. The van der Waals surface area contributed by atoms with E-state index in [0.29, 0.717) is 11.4 Å². The lowest BCUT2D eigenvalue weighted by Gasteiger charge is -2.05. The third-order valence-electron chi connectivity index (χ3n) is 3.51. The first kappa shape index (κ1) is 13.3. The molecular weight excluding hydrogens is 262 g/mol. The fourth-order valence-corrected chi connectivity index (χ4v) is 2.44. The van der Waals surface area contributed by atoms with Crippen molar-refractivity contribution in [3.63, 3.8) is 0 Å². The van der Waals surface area contributed by atoms with Crippen LogP contribution in [-0.2, 0) is 6.54 Å². The lowest BCUT2D eigenvalue weighted by molar-refractivity contribution is -0.662. The number of hydrogen-bond donors (Lipinski definition) is 0. The number of para-hydroxylation sites is 1. The lowest BCUT2D eigenvalue weighted by Crippen LogP contribution is -2.40. The first-order valence-corrected chi connectivity index (χ1v) is 6.83. The molecule has 3 aromatic rings. The molecule has 0 N–H and O–H groups in total. The molecule has 0 atom stereocenters. The van der Waals surface area contributed by atoms with Crippen LogP contribution in [0.15, 0.2) is 66.7 Å². The van der Waals surface area contributed by atoms with Crippen molar-refractivity contribution in [2.75, 3.05) is 7.11 Å². The number of benzene rings is 2. The summed E-state index contributed by atoms with van der Waals surface area (Å²) in [6.45, 7) is 0.258. The second-order valence-electron chi connectivity index (χ2n) is 4.81. The molecule has 21 heavy (non-hydrogen) atoms. The van der Waals surface area contributed by atoms with Crippen molar-refractivity contribution < 1.29 is 14.1 Å². The lowest BCUT2D eigenvalue weighted by atomic mass is 10.1. The summed E-state index contributed by atoms with van der Waals surface area (Å²) in [5.41, 5.74) is 1.70. The molecule has 1 aromatic heterocycles. The molecule has 0 fully saturated rings. The van der Waals surface area contributed by atoms with E-state index in [-0.39, 0.29) is 12.3 Å². The Morgan fingerprint density at radius 3 is 2.43 bits per heavy atom. The summed E-state index contributed by atoms with van der Waals surface area (Å²) in [5.74, 6) is 0.744. The Kier molecular flexibility index (Phi) is 3.65. The Balaban J connectivity index is 2.05. The maximum absolute atomic E-state index is 12.4. The Bertz CT molecular complexity index is 782. The number of aromatic nitrogens is 1. The highest BCUT2D eigenvalue weighted by Gasteiger charge is 2.20. The van der Waals surface area contributed by atoms with Gasteiger partial charge in [-0.1, -0.05) is 42.5 Å². The Morgan fingerprint density at radius 1 is 0.952 bits per heavy atom. The van der Waals surface area contributed by atoms with Gasteiger partial charge >= 0.3 is 5.88 Å². The fourth-order valence-electron chi connectivity index (χ4n) is 2.44. The van der Waals surface area contributed by atoms with Crippen LogP contribution in [0.4, 0.5) is 0 Å². The quantitative estimate of drug-likeness (QED) is 0.542. The highest BCUT2D eigenvalue weighted by Crippen LogP contribution is 2.14. The van der Waals surface area contributed by atoms with Crippen molar-refractivity contribution in [3.8, 4) is 5.88 Å². The summed E-state index contributed by atoms with van der Waals surface area (Å²) in [7, 11) is 1.62. The number of fused-ring (bicyclic) bond motifs is 1. The third-order valence-corrected chi connectivity index (χ3v) is 3.51. The van der Waals surface area contributed by atoms with E-state index in [0.717, 1.165) is 10.9 Å². The van der Waals surface area contributed by atoms with Crippen LogP contribution in [0.5, 0.6) is 5.88 Å². The van der Waals surface area contributed by atoms with Gasteiger partial charge < -0.3 is 4.74 Å². The zero-order valence-corrected chi connectivity index (χ0v) is 11.8. The van der Waals surface area contributed by atoms with Gasteiger partial charge in [0.2, 0.25) is 17.8 Å². The highest BCUT2D eigenvalue weighted by atomic mass is 16.5. The predicted molar refractivity (Wildman–Crippen MR) is 81.5 cm³/mol. The summed E-state index contributed by atoms with van der Waals surface area (Å²) in [4.78, 5) is 12.4. The van der Waals surface area contributed by atoms with E-state index in [1.54, 1.807) is 7.11 Å². The van der Waals surface area contributed by atoms with E-state index < -0.39 is 0 Å². The number of ether oxygens (including phenoxy) is 1. The molecule has 3 heteroatoms. The minimum Gasteiger partial charge on any atom is -0.448 e. The predicted octanol–water partition coefficient (Wildman–Crippen LogP) is 3.02. The number of nitrogens with zero attached hydrogens (tertiary/aromatic N) is 1. The molecule has 0 aliphatic carbocycles. The first-order chi connectivity index (χ1) is 10.3. The zero-order chi connectivity index (χ0) is 14.7. The largest absolute Gasteiger partial charge is 0.448 e. The highest BCUT2D eigenvalue weighted by molar-refractivity contribution is 5.95. The smallest absolute Gasteiger partial charge is 0.368 e. The van der Waals surface area contributed by atoms with Gasteiger partial charge in [0.25, 0.3) is 0 Å². The number of ketones is 1. The average Bonchev–Trinajstić information content (AvgIpc) is 2.56. The molecule has 0 aliphatic rings. The molecule has 0 unspecified atom stereocenters. The Labute approximate surface area is 123 Å². The monoisotopic (exact) mass is 278 g/mol. The van der Waals surface area contributed by atoms with Crippen LogP contribution in [0, 0.1) is 0 Å². The van der Waals surface area contributed by atoms with E-state index >= 15 is 0 Å². The van der Waals surface area contributed by atoms with Gasteiger partial charge in [-0.15, -0.1) is 0 Å². The molecule has 0 spiro atoms. The summed E-state index contributed by atoms with van der Waals surface area (Å²) in [6, 6.07) is 21.2. The van der Waals surface area contributed by atoms with Crippen molar-refractivity contribution >= 4 is 16.7 Å². The molecule has 2 aromatic carbocycles. The van der Waals surface area contributed by atoms with Crippen molar-refractivity contribution in [1.82, 2.24) is 0 Å². The van der Waals surface area contributed by atoms with Crippen LogP contribution in [-0.4, -0.2) is 12.9 Å². The van der Waals surface area contributed by atoms with Gasteiger partial charge in [0.05, 0.1) is 13.2 Å². The molecule has 0 amide bonds. The molecule has 0 saturated heterocycles. The molecular formula is C18H16NO2+. The van der Waals surface area contributed by atoms with E-state index in [1.807, 2.05) is 71.3 Å². The molecule has 104 valence electrons. The first-order valence-electron chi connectivity index (χ1n) is 6.83. The van der Waals surface area contributed by atoms with Gasteiger partial charge in [-0.05, 0) is 12.1 Å². The van der Waals surface area contributed by atoms with E-state index in [9.17, 15) is 4.79 Å². The molecule has 1 heterocycles. The minimum atomic E-state index is 0.0650. The van der Waals surface area contributed by atoms with Crippen LogP contribution in [0.3, 0.4) is 0 Å². The summed E-state index contributed by atoms with van der Waals surface area (Å²) in [6.07, 6.45) is 0. The van der Waals surface area contributed by atoms with Crippen LogP contribution in [0.2, 0.25) is 0 Å². The summed E-state index contributed by atoms with van der Waals surface area (Å²) >= 11 is 0. The van der Waals surface area contributed by atoms with E-state index in [4.69, 9.17) is 4.74 Å². The molecule has 0 saturated carbocycles. The second-order valence-corrected chi connectivity index (χ2v) is 4.81. The molecule has 3 nitrogen and oxygen atoms in total. The SMILES string of the molecule is COc1ccc2ccccc2[n+]1CC(=O)c1ccccc1. The number of hydrogen-bond acceptors (Lipinski definition) is 2. The maximum atomic E-state index is 12.4. The second kappa shape index (κ2) is 5.75. The van der Waals surface area contributed by atoms with E-state index in [1.165, 1.54) is 0 Å². The van der Waals surface area contributed by atoms with Crippen molar-refractivity contribution in [3.05, 3.63) is 72.3 Å². The van der Waals surface area contributed by atoms with Gasteiger partial charge in [-0.2, -0.15) is 4.57 Å². The molecule has 3 rings (SSSR count). The fraction of sp³-hybridized carbons (Fsp3) is 0.111. The number of carbonyl (C=O) groups excluding carboxylic acids is 1. The van der Waals surface area contributed by atoms with Crippen LogP contribution in [0.25, 0.3) is 10.9 Å². The molecule has 0 bridgehead atoms. The van der Waals surface area contributed by atoms with Gasteiger partial charge in [-0.25, -0.2) is 0 Å². The van der Waals surface area contributed by atoms with Gasteiger partial charge in [0.1, 0.15) is 0 Å². The van der Waals surface area contributed by atoms with Gasteiger partial charge in [0, 0.05) is 17.0 Å². The topological polar surface area (TPSA) is 30.2 Å². The Hall–Kier alpha value is -2.68. The van der Waals surface area contributed by atoms with Crippen molar-refractivity contribution in [2.45, 2.75) is 6.54 Å². The summed E-state index contributed by atoms with van der Waals surface area (Å²) in [5, 5.41) is 1.08. The van der Waals surface area contributed by atoms with Crippen LogP contribution in [0.1, 0.15) is 10.4 Å². The van der Waals surface area contributed by atoms with Crippen LogP contribution >= 0.6 is 0 Å². The van der Waals surface area contributed by atoms with Crippen LogP contribution < -0.4 is 9.30 Å². The standard InChI is InChI=1S/C18H16NO2/c1-21-18-12-11-14-7-5-6-10-16(14)19(18)13-17(20)15-8-3-2-4-9-15/h2-12H,13H2,1H3/q+1. The summed E-state index contributed by atoms with van der Waals surface area (Å²) < 4.78 is 7.31.